The van der Waals surface area contributed by atoms with Gasteiger partial charge in [-0.15, -0.1) is 0 Å². The summed E-state index contributed by atoms with van der Waals surface area (Å²) in [6, 6.07) is 2.47. The minimum atomic E-state index is 0.509. The molecule has 3 heteroatoms. The van der Waals surface area contributed by atoms with Crippen LogP contribution in [0.5, 0.6) is 0 Å². The van der Waals surface area contributed by atoms with Crippen molar-refractivity contribution in [1.29, 1.82) is 0 Å². The van der Waals surface area contributed by atoms with Crippen LogP contribution in [0.4, 0.5) is 5.82 Å². The minimum absolute atomic E-state index is 0.509. The van der Waals surface area contributed by atoms with Crippen LogP contribution in [0.25, 0.3) is 0 Å². The van der Waals surface area contributed by atoms with Gasteiger partial charge in [0.2, 0.25) is 0 Å². The van der Waals surface area contributed by atoms with Crippen LogP contribution in [-0.2, 0) is 0 Å². The van der Waals surface area contributed by atoms with E-state index in [0.717, 1.165) is 17.4 Å². The molecule has 0 aromatic carbocycles. The fraction of sp³-hybridized carbons (Fsp3) is 0.750. The topological polar surface area (TPSA) is 43.8 Å². The lowest BCUT2D eigenvalue weighted by atomic mass is 9.80. The molecule has 0 amide bonds. The highest BCUT2D eigenvalue weighted by Crippen LogP contribution is 2.37. The number of nitrogens with zero attached hydrogens (tertiary/aromatic N) is 2. The number of anilines is 1. The predicted octanol–water partition coefficient (Wildman–Crippen LogP) is 2.77. The molecule has 1 aromatic heterocycles. The van der Waals surface area contributed by atoms with Gasteiger partial charge in [0.15, 0.2) is 0 Å². The lowest BCUT2D eigenvalue weighted by Gasteiger charge is -2.33. The molecule has 3 atom stereocenters. The molecule has 0 spiro atoms. The second-order valence-electron chi connectivity index (χ2n) is 5.12. The van der Waals surface area contributed by atoms with Gasteiger partial charge in [0.25, 0.3) is 0 Å². The summed E-state index contributed by atoms with van der Waals surface area (Å²) >= 11 is 0. The molecule has 1 aromatic rings. The summed E-state index contributed by atoms with van der Waals surface area (Å²) in [5.41, 5.74) is 7.00. The Bertz CT molecular complexity index is 343. The maximum atomic E-state index is 5.97. The standard InChI is InChI=1S/C12H21N3/c1-8-4-5-11(9(2)6-8)15-12(13)7-10(3)14-15/h7-9,11H,4-6,13H2,1-3H3. The lowest BCUT2D eigenvalue weighted by Crippen LogP contribution is -2.26. The molecule has 2 N–H and O–H groups in total. The van der Waals surface area contributed by atoms with Gasteiger partial charge in [-0.25, -0.2) is 4.68 Å². The van der Waals surface area contributed by atoms with Crippen LogP contribution in [0.2, 0.25) is 0 Å². The zero-order chi connectivity index (χ0) is 11.0. The van der Waals surface area contributed by atoms with Crippen LogP contribution < -0.4 is 5.73 Å². The molecule has 2 rings (SSSR count). The molecule has 0 radical (unpaired) electrons. The van der Waals surface area contributed by atoms with Crippen LogP contribution >= 0.6 is 0 Å². The third kappa shape index (κ3) is 2.01. The van der Waals surface area contributed by atoms with Crippen molar-refractivity contribution >= 4 is 5.82 Å². The van der Waals surface area contributed by atoms with Gasteiger partial charge in [-0.1, -0.05) is 13.8 Å². The Labute approximate surface area is 91.7 Å². The minimum Gasteiger partial charge on any atom is -0.384 e. The maximum Gasteiger partial charge on any atom is 0.122 e. The van der Waals surface area contributed by atoms with Crippen molar-refractivity contribution in [2.45, 2.75) is 46.1 Å². The second kappa shape index (κ2) is 3.87. The first-order chi connectivity index (χ1) is 7.08. The Morgan fingerprint density at radius 1 is 1.40 bits per heavy atom. The number of hydrogen-bond donors (Lipinski definition) is 1. The van der Waals surface area contributed by atoms with E-state index in [4.69, 9.17) is 5.73 Å². The summed E-state index contributed by atoms with van der Waals surface area (Å²) in [7, 11) is 0. The molecule has 1 heterocycles. The first-order valence-electron chi connectivity index (χ1n) is 5.89. The smallest absolute Gasteiger partial charge is 0.122 e. The Morgan fingerprint density at radius 2 is 2.13 bits per heavy atom. The first-order valence-corrected chi connectivity index (χ1v) is 5.89. The molecule has 15 heavy (non-hydrogen) atoms. The lowest BCUT2D eigenvalue weighted by molar-refractivity contribution is 0.197. The van der Waals surface area contributed by atoms with E-state index in [2.05, 4.69) is 18.9 Å². The number of nitrogens with two attached hydrogens (primary N) is 1. The van der Waals surface area contributed by atoms with Crippen LogP contribution in [0.3, 0.4) is 0 Å². The fourth-order valence-electron chi connectivity index (χ4n) is 2.82. The molecule has 84 valence electrons. The largest absolute Gasteiger partial charge is 0.384 e. The SMILES string of the molecule is Cc1cc(N)n(C2CCC(C)CC2C)n1. The first kappa shape index (κ1) is 10.5. The van der Waals surface area contributed by atoms with Crippen molar-refractivity contribution in [1.82, 2.24) is 9.78 Å². The van der Waals surface area contributed by atoms with Crippen molar-refractivity contribution in [3.63, 3.8) is 0 Å². The summed E-state index contributed by atoms with van der Waals surface area (Å²) in [5, 5.41) is 4.50. The predicted molar refractivity (Wildman–Crippen MR) is 62.6 cm³/mol. The number of aromatic nitrogens is 2. The van der Waals surface area contributed by atoms with E-state index in [1.807, 2.05) is 17.7 Å². The summed E-state index contributed by atoms with van der Waals surface area (Å²) in [6.07, 6.45) is 3.81. The van der Waals surface area contributed by atoms with Crippen molar-refractivity contribution in [3.05, 3.63) is 11.8 Å². The number of nitrogen functional groups attached to an aromatic ring is 1. The number of hydrogen-bond acceptors (Lipinski definition) is 2. The molecule has 0 saturated heterocycles. The van der Waals surface area contributed by atoms with E-state index < -0.39 is 0 Å². The Kier molecular flexibility index (Phi) is 2.72. The van der Waals surface area contributed by atoms with Crippen molar-refractivity contribution in [2.24, 2.45) is 11.8 Å². The normalized spacial score (nSPS) is 31.8. The van der Waals surface area contributed by atoms with E-state index in [0.29, 0.717) is 12.0 Å². The monoisotopic (exact) mass is 207 g/mol. The van der Waals surface area contributed by atoms with Gasteiger partial charge >= 0.3 is 0 Å². The molecule has 1 fully saturated rings. The summed E-state index contributed by atoms with van der Waals surface area (Å²) < 4.78 is 2.03. The van der Waals surface area contributed by atoms with Gasteiger partial charge in [0.1, 0.15) is 5.82 Å². The van der Waals surface area contributed by atoms with Crippen LogP contribution in [0, 0.1) is 18.8 Å². The molecular formula is C12H21N3. The summed E-state index contributed by atoms with van der Waals surface area (Å²) in [6.45, 7) is 6.66. The molecular weight excluding hydrogens is 186 g/mol. The van der Waals surface area contributed by atoms with Gasteiger partial charge < -0.3 is 5.73 Å². The molecule has 3 unspecified atom stereocenters. The molecule has 3 nitrogen and oxygen atoms in total. The molecule has 1 saturated carbocycles. The Balaban J connectivity index is 2.20. The maximum absolute atomic E-state index is 5.97. The van der Waals surface area contributed by atoms with Crippen molar-refractivity contribution < 1.29 is 0 Å². The molecule has 1 aliphatic carbocycles. The van der Waals surface area contributed by atoms with Gasteiger partial charge in [-0.2, -0.15) is 5.10 Å². The van der Waals surface area contributed by atoms with E-state index >= 15 is 0 Å². The quantitative estimate of drug-likeness (QED) is 0.769. The van der Waals surface area contributed by atoms with E-state index in [-0.39, 0.29) is 0 Å². The molecule has 0 aliphatic heterocycles. The molecule has 1 aliphatic rings. The highest BCUT2D eigenvalue weighted by atomic mass is 15.3. The zero-order valence-electron chi connectivity index (χ0n) is 9.90. The Hall–Kier alpha value is -0.990. The fourth-order valence-corrected chi connectivity index (χ4v) is 2.82. The van der Waals surface area contributed by atoms with Crippen molar-refractivity contribution in [2.75, 3.05) is 5.73 Å². The van der Waals surface area contributed by atoms with Crippen LogP contribution in [-0.4, -0.2) is 9.78 Å². The van der Waals surface area contributed by atoms with Crippen LogP contribution in [0.15, 0.2) is 6.07 Å². The second-order valence-corrected chi connectivity index (χ2v) is 5.12. The highest BCUT2D eigenvalue weighted by Gasteiger charge is 2.28. The Morgan fingerprint density at radius 3 is 2.67 bits per heavy atom. The highest BCUT2D eigenvalue weighted by molar-refractivity contribution is 5.31. The summed E-state index contributed by atoms with van der Waals surface area (Å²) in [5.74, 6) is 2.36. The number of aryl methyl sites for hydroxylation is 1. The third-order valence-electron chi connectivity index (χ3n) is 3.59. The average Bonchev–Trinajstić information content (AvgIpc) is 2.45. The zero-order valence-corrected chi connectivity index (χ0v) is 9.90. The van der Waals surface area contributed by atoms with Gasteiger partial charge in [-0.05, 0) is 38.0 Å². The summed E-state index contributed by atoms with van der Waals surface area (Å²) in [4.78, 5) is 0. The van der Waals surface area contributed by atoms with Gasteiger partial charge in [0, 0.05) is 6.07 Å². The van der Waals surface area contributed by atoms with Crippen LogP contribution in [0.1, 0.15) is 44.8 Å². The third-order valence-corrected chi connectivity index (χ3v) is 3.59. The average molecular weight is 207 g/mol. The van der Waals surface area contributed by atoms with Gasteiger partial charge in [0.05, 0.1) is 11.7 Å². The molecule has 0 bridgehead atoms. The van der Waals surface area contributed by atoms with Crippen molar-refractivity contribution in [3.8, 4) is 0 Å². The van der Waals surface area contributed by atoms with E-state index in [1.54, 1.807) is 0 Å². The number of rotatable bonds is 1. The van der Waals surface area contributed by atoms with E-state index in [9.17, 15) is 0 Å². The van der Waals surface area contributed by atoms with Gasteiger partial charge in [-0.3, -0.25) is 0 Å². The van der Waals surface area contributed by atoms with E-state index in [1.165, 1.54) is 19.3 Å².